The molecule has 0 aromatic carbocycles. The van der Waals surface area contributed by atoms with Gasteiger partial charge in [-0.25, -0.2) is 4.98 Å². The Kier molecular flexibility index (Phi) is 2.62. The predicted molar refractivity (Wildman–Crippen MR) is 78.3 cm³/mol. The summed E-state index contributed by atoms with van der Waals surface area (Å²) in [5.74, 6) is 0.772. The van der Waals surface area contributed by atoms with Crippen LogP contribution in [0.2, 0.25) is 0 Å². The summed E-state index contributed by atoms with van der Waals surface area (Å²) in [7, 11) is 0. The summed E-state index contributed by atoms with van der Waals surface area (Å²) in [6, 6.07) is 0. The molecular weight excluding hydrogens is 258 g/mol. The molecule has 0 spiro atoms. The lowest BCUT2D eigenvalue weighted by molar-refractivity contribution is 0.700. The minimum Gasteiger partial charge on any atom is -0.342 e. The van der Waals surface area contributed by atoms with Crippen molar-refractivity contribution in [3.8, 4) is 0 Å². The lowest BCUT2D eigenvalue weighted by Crippen LogP contribution is -2.23. The molecule has 2 aliphatic rings. The number of anilines is 1. The number of H-pyrrole nitrogens is 1. The van der Waals surface area contributed by atoms with Gasteiger partial charge in [-0.05, 0) is 44.1 Å². The molecule has 5 heteroatoms. The fraction of sp³-hybridized carbons (Fsp3) is 0.571. The minimum atomic E-state index is 0.0614. The van der Waals surface area contributed by atoms with Crippen LogP contribution < -0.4 is 10.5 Å². The standard InChI is InChI=1S/C14H17N3OS/c18-12-11-9-5-1-2-6-10(9)19-13(11)16-14(15-12)17-7-3-4-8-17/h1-8H2,(H,15,16,18). The van der Waals surface area contributed by atoms with Crippen LogP contribution in [0.4, 0.5) is 5.95 Å². The number of thiophene rings is 1. The third kappa shape index (κ3) is 1.79. The maximum absolute atomic E-state index is 12.4. The van der Waals surface area contributed by atoms with Crippen LogP contribution in [0.1, 0.15) is 36.1 Å². The van der Waals surface area contributed by atoms with Gasteiger partial charge in [0.25, 0.3) is 5.56 Å². The van der Waals surface area contributed by atoms with Gasteiger partial charge in [0, 0.05) is 18.0 Å². The molecule has 0 bridgehead atoms. The highest BCUT2D eigenvalue weighted by Crippen LogP contribution is 2.34. The third-order valence-electron chi connectivity index (χ3n) is 4.22. The first-order valence-electron chi connectivity index (χ1n) is 7.12. The molecule has 0 saturated carbocycles. The highest BCUT2D eigenvalue weighted by molar-refractivity contribution is 7.18. The van der Waals surface area contributed by atoms with Gasteiger partial charge in [-0.1, -0.05) is 0 Å². The number of aryl methyl sites for hydroxylation is 2. The van der Waals surface area contributed by atoms with E-state index >= 15 is 0 Å². The molecule has 0 amide bonds. The van der Waals surface area contributed by atoms with Crippen molar-refractivity contribution in [2.75, 3.05) is 18.0 Å². The van der Waals surface area contributed by atoms with Crippen molar-refractivity contribution in [2.24, 2.45) is 0 Å². The Bertz CT molecular complexity index is 682. The van der Waals surface area contributed by atoms with Crippen LogP contribution in [0.3, 0.4) is 0 Å². The topological polar surface area (TPSA) is 49.0 Å². The molecule has 1 aliphatic heterocycles. The van der Waals surface area contributed by atoms with E-state index in [-0.39, 0.29) is 5.56 Å². The number of hydrogen-bond donors (Lipinski definition) is 1. The highest BCUT2D eigenvalue weighted by Gasteiger charge is 2.21. The molecule has 4 nitrogen and oxygen atoms in total. The van der Waals surface area contributed by atoms with Gasteiger partial charge in [0.1, 0.15) is 4.83 Å². The Morgan fingerprint density at radius 3 is 2.74 bits per heavy atom. The van der Waals surface area contributed by atoms with Crippen LogP contribution in [0.5, 0.6) is 0 Å². The first-order chi connectivity index (χ1) is 9.33. The molecule has 1 fully saturated rings. The van der Waals surface area contributed by atoms with Crippen LogP contribution >= 0.6 is 11.3 Å². The smallest absolute Gasteiger partial charge is 0.261 e. The van der Waals surface area contributed by atoms with Crippen molar-refractivity contribution < 1.29 is 0 Å². The SMILES string of the molecule is O=c1[nH]c(N2CCCC2)nc2sc3c(c12)CCCC3. The Hall–Kier alpha value is -1.36. The van der Waals surface area contributed by atoms with E-state index in [4.69, 9.17) is 4.98 Å². The fourth-order valence-corrected chi connectivity index (χ4v) is 4.49. The van der Waals surface area contributed by atoms with E-state index in [0.29, 0.717) is 0 Å². The number of hydrogen-bond acceptors (Lipinski definition) is 4. The summed E-state index contributed by atoms with van der Waals surface area (Å²) in [6.07, 6.45) is 7.01. The number of aromatic nitrogens is 2. The van der Waals surface area contributed by atoms with Crippen LogP contribution in [0, 0.1) is 0 Å². The number of nitrogens with one attached hydrogen (secondary N) is 1. The zero-order valence-corrected chi connectivity index (χ0v) is 11.7. The van der Waals surface area contributed by atoms with Gasteiger partial charge < -0.3 is 4.90 Å². The second kappa shape index (κ2) is 4.34. The van der Waals surface area contributed by atoms with Gasteiger partial charge in [0.05, 0.1) is 5.39 Å². The number of rotatable bonds is 1. The molecule has 0 unspecified atom stereocenters. The predicted octanol–water partition coefficient (Wildman–Crippen LogP) is 2.46. The van der Waals surface area contributed by atoms with Gasteiger partial charge in [-0.3, -0.25) is 9.78 Å². The van der Waals surface area contributed by atoms with Crippen LogP contribution in [-0.2, 0) is 12.8 Å². The molecule has 0 radical (unpaired) electrons. The summed E-state index contributed by atoms with van der Waals surface area (Å²) in [6.45, 7) is 2.03. The van der Waals surface area contributed by atoms with E-state index in [1.807, 2.05) is 0 Å². The number of nitrogens with zero attached hydrogens (tertiary/aromatic N) is 2. The fourth-order valence-electron chi connectivity index (χ4n) is 3.23. The lowest BCUT2D eigenvalue weighted by Gasteiger charge is -2.15. The monoisotopic (exact) mass is 275 g/mol. The quantitative estimate of drug-likeness (QED) is 0.869. The van der Waals surface area contributed by atoms with E-state index in [1.165, 1.54) is 36.1 Å². The maximum atomic E-state index is 12.4. The summed E-state index contributed by atoms with van der Waals surface area (Å²) in [5.41, 5.74) is 1.33. The first-order valence-corrected chi connectivity index (χ1v) is 7.94. The van der Waals surface area contributed by atoms with Gasteiger partial charge >= 0.3 is 0 Å². The largest absolute Gasteiger partial charge is 0.342 e. The van der Waals surface area contributed by atoms with Gasteiger partial charge in [-0.2, -0.15) is 0 Å². The third-order valence-corrected chi connectivity index (χ3v) is 5.40. The lowest BCUT2D eigenvalue weighted by atomic mass is 9.97. The van der Waals surface area contributed by atoms with E-state index in [9.17, 15) is 4.79 Å². The Morgan fingerprint density at radius 2 is 1.89 bits per heavy atom. The molecule has 4 rings (SSSR count). The molecule has 3 heterocycles. The Labute approximate surface area is 115 Å². The maximum Gasteiger partial charge on any atom is 0.261 e. The summed E-state index contributed by atoms with van der Waals surface area (Å²) in [5, 5.41) is 0.864. The van der Waals surface area contributed by atoms with E-state index in [1.54, 1.807) is 11.3 Å². The normalized spacial score (nSPS) is 19.1. The van der Waals surface area contributed by atoms with Gasteiger partial charge in [0.15, 0.2) is 0 Å². The Balaban J connectivity index is 1.90. The zero-order valence-electron chi connectivity index (χ0n) is 10.9. The second-order valence-corrected chi connectivity index (χ2v) is 6.56. The van der Waals surface area contributed by atoms with E-state index < -0.39 is 0 Å². The molecule has 0 atom stereocenters. The molecule has 2 aromatic rings. The number of fused-ring (bicyclic) bond motifs is 3. The van der Waals surface area contributed by atoms with Gasteiger partial charge in [0.2, 0.25) is 5.95 Å². The van der Waals surface area contributed by atoms with Gasteiger partial charge in [-0.15, -0.1) is 11.3 Å². The summed E-state index contributed by atoms with van der Waals surface area (Å²) >= 11 is 1.73. The highest BCUT2D eigenvalue weighted by atomic mass is 32.1. The second-order valence-electron chi connectivity index (χ2n) is 5.47. The molecule has 1 N–H and O–H groups in total. The molecule has 100 valence electrons. The average molecular weight is 275 g/mol. The molecule has 19 heavy (non-hydrogen) atoms. The van der Waals surface area contributed by atoms with Crippen molar-refractivity contribution in [2.45, 2.75) is 38.5 Å². The van der Waals surface area contributed by atoms with Crippen molar-refractivity contribution in [3.05, 3.63) is 20.8 Å². The van der Waals surface area contributed by atoms with Crippen molar-refractivity contribution >= 4 is 27.5 Å². The van der Waals surface area contributed by atoms with E-state index in [2.05, 4.69) is 9.88 Å². The molecule has 2 aromatic heterocycles. The Morgan fingerprint density at radius 1 is 1.11 bits per heavy atom. The summed E-state index contributed by atoms with van der Waals surface area (Å²) < 4.78 is 0. The average Bonchev–Trinajstić information content (AvgIpc) is 3.05. The molecule has 1 aliphatic carbocycles. The van der Waals surface area contributed by atoms with Crippen molar-refractivity contribution in [3.63, 3.8) is 0 Å². The van der Waals surface area contributed by atoms with Crippen LogP contribution in [-0.4, -0.2) is 23.1 Å². The summed E-state index contributed by atoms with van der Waals surface area (Å²) in [4.78, 5) is 24.6. The zero-order chi connectivity index (χ0) is 12.8. The molecule has 1 saturated heterocycles. The molecular formula is C14H17N3OS. The van der Waals surface area contributed by atoms with Crippen LogP contribution in [0.25, 0.3) is 10.2 Å². The van der Waals surface area contributed by atoms with Crippen molar-refractivity contribution in [1.82, 2.24) is 9.97 Å². The first kappa shape index (κ1) is 11.5. The van der Waals surface area contributed by atoms with Crippen LogP contribution in [0.15, 0.2) is 4.79 Å². The van der Waals surface area contributed by atoms with E-state index in [0.717, 1.165) is 42.1 Å². The minimum absolute atomic E-state index is 0.0614. The van der Waals surface area contributed by atoms with Crippen molar-refractivity contribution in [1.29, 1.82) is 0 Å². The number of aromatic amines is 1.